The number of aryl methyl sites for hydroxylation is 1. The van der Waals surface area contributed by atoms with Gasteiger partial charge in [-0.05, 0) is 30.9 Å². The summed E-state index contributed by atoms with van der Waals surface area (Å²) >= 11 is 0. The summed E-state index contributed by atoms with van der Waals surface area (Å²) in [5.41, 5.74) is 1.42. The Bertz CT molecular complexity index is 254. The van der Waals surface area contributed by atoms with Gasteiger partial charge in [-0.15, -0.1) is 0 Å². The molecule has 0 saturated heterocycles. The second kappa shape index (κ2) is 9.20. The highest BCUT2D eigenvalue weighted by Gasteiger charge is 1.94. The fourth-order valence-electron chi connectivity index (χ4n) is 1.95. The Morgan fingerprint density at radius 3 is 2.31 bits per heavy atom. The van der Waals surface area contributed by atoms with E-state index in [0.717, 1.165) is 19.1 Å². The highest BCUT2D eigenvalue weighted by atomic mass is 16.1. The number of hydrogen-bond acceptors (Lipinski definition) is 1. The van der Waals surface area contributed by atoms with E-state index in [0.29, 0.717) is 0 Å². The molecule has 1 heterocycles. The highest BCUT2D eigenvalue weighted by Crippen LogP contribution is 2.10. The molecular weight excluding hydrogens is 198 g/mol. The Balaban J connectivity index is 1.80. The number of carbonyl (C=O) groups is 1. The lowest BCUT2D eigenvalue weighted by molar-refractivity contribution is -0.107. The quantitative estimate of drug-likeness (QED) is 0.472. The number of rotatable bonds is 10. The molecule has 0 fully saturated rings. The van der Waals surface area contributed by atoms with Crippen LogP contribution in [0.1, 0.15) is 56.9 Å². The number of aromatic nitrogens is 1. The molecule has 16 heavy (non-hydrogen) atoms. The predicted octanol–water partition coefficient (Wildman–Crippen LogP) is 3.88. The van der Waals surface area contributed by atoms with Gasteiger partial charge in [0, 0.05) is 18.8 Å². The van der Waals surface area contributed by atoms with Crippen LogP contribution in [0.25, 0.3) is 0 Å². The number of nitrogens with one attached hydrogen (secondary N) is 1. The third-order valence-corrected chi connectivity index (χ3v) is 2.95. The van der Waals surface area contributed by atoms with Crippen LogP contribution in [0, 0.1) is 0 Å². The lowest BCUT2D eigenvalue weighted by atomic mass is 10.1. The molecule has 90 valence electrons. The molecular formula is C14H23NO. The summed E-state index contributed by atoms with van der Waals surface area (Å²) in [7, 11) is 0. The zero-order valence-corrected chi connectivity index (χ0v) is 10.1. The highest BCUT2D eigenvalue weighted by molar-refractivity contribution is 5.48. The van der Waals surface area contributed by atoms with Crippen LogP contribution in [0.2, 0.25) is 0 Å². The maximum absolute atomic E-state index is 10.1. The molecule has 0 saturated carbocycles. The molecule has 0 bridgehead atoms. The summed E-state index contributed by atoms with van der Waals surface area (Å²) < 4.78 is 0. The maximum Gasteiger partial charge on any atom is 0.119 e. The standard InChI is InChI=1S/C14H23NO/c16-12-8-6-4-2-1-3-5-7-9-14-10-11-15-13-14/h10-13,15H,1-9H2. The van der Waals surface area contributed by atoms with Gasteiger partial charge in [-0.3, -0.25) is 0 Å². The first kappa shape index (κ1) is 13.0. The van der Waals surface area contributed by atoms with E-state index in [1.165, 1.54) is 50.5 Å². The fourth-order valence-corrected chi connectivity index (χ4v) is 1.95. The third kappa shape index (κ3) is 6.44. The number of hydrogen-bond donors (Lipinski definition) is 1. The van der Waals surface area contributed by atoms with Gasteiger partial charge >= 0.3 is 0 Å². The van der Waals surface area contributed by atoms with Gasteiger partial charge in [0.1, 0.15) is 6.29 Å². The Labute approximate surface area is 98.5 Å². The lowest BCUT2D eigenvalue weighted by Crippen LogP contribution is -1.84. The molecule has 1 aromatic heterocycles. The monoisotopic (exact) mass is 221 g/mol. The van der Waals surface area contributed by atoms with Crippen LogP contribution in [-0.4, -0.2) is 11.3 Å². The minimum atomic E-state index is 0.744. The van der Waals surface area contributed by atoms with Crippen molar-refractivity contribution in [1.29, 1.82) is 0 Å². The molecule has 1 aromatic rings. The van der Waals surface area contributed by atoms with Crippen LogP contribution in [0.5, 0.6) is 0 Å². The van der Waals surface area contributed by atoms with E-state index in [9.17, 15) is 4.79 Å². The Morgan fingerprint density at radius 2 is 1.69 bits per heavy atom. The number of aldehydes is 1. The Morgan fingerprint density at radius 1 is 1.00 bits per heavy atom. The molecule has 1 rings (SSSR count). The smallest absolute Gasteiger partial charge is 0.119 e. The molecule has 0 aliphatic carbocycles. The van der Waals surface area contributed by atoms with Crippen LogP contribution in [0.3, 0.4) is 0 Å². The predicted molar refractivity (Wildman–Crippen MR) is 67.5 cm³/mol. The van der Waals surface area contributed by atoms with E-state index in [4.69, 9.17) is 0 Å². The summed E-state index contributed by atoms with van der Waals surface area (Å²) in [5, 5.41) is 0. The number of H-pyrrole nitrogens is 1. The van der Waals surface area contributed by atoms with Gasteiger partial charge in [0.15, 0.2) is 0 Å². The first-order chi connectivity index (χ1) is 7.93. The normalized spacial score (nSPS) is 10.5. The molecule has 0 aliphatic rings. The molecule has 0 unspecified atom stereocenters. The first-order valence-corrected chi connectivity index (χ1v) is 6.49. The van der Waals surface area contributed by atoms with Crippen molar-refractivity contribution < 1.29 is 4.79 Å². The van der Waals surface area contributed by atoms with Crippen LogP contribution < -0.4 is 0 Å². The topological polar surface area (TPSA) is 32.9 Å². The molecule has 1 N–H and O–H groups in total. The van der Waals surface area contributed by atoms with Crippen LogP contribution in [-0.2, 0) is 11.2 Å². The molecule has 2 nitrogen and oxygen atoms in total. The van der Waals surface area contributed by atoms with Crippen molar-refractivity contribution in [2.24, 2.45) is 0 Å². The van der Waals surface area contributed by atoms with Crippen molar-refractivity contribution in [3.8, 4) is 0 Å². The van der Waals surface area contributed by atoms with E-state index < -0.39 is 0 Å². The first-order valence-electron chi connectivity index (χ1n) is 6.49. The summed E-state index contributed by atoms with van der Waals surface area (Å²) in [5.74, 6) is 0. The summed E-state index contributed by atoms with van der Waals surface area (Å²) in [6.45, 7) is 0. The van der Waals surface area contributed by atoms with Gasteiger partial charge in [-0.1, -0.05) is 32.1 Å². The van der Waals surface area contributed by atoms with Crippen molar-refractivity contribution in [3.63, 3.8) is 0 Å². The van der Waals surface area contributed by atoms with E-state index in [1.54, 1.807) is 0 Å². The van der Waals surface area contributed by atoms with Gasteiger partial charge in [-0.2, -0.15) is 0 Å². The number of carbonyl (C=O) groups excluding carboxylic acids is 1. The third-order valence-electron chi connectivity index (χ3n) is 2.95. The SMILES string of the molecule is O=CCCCCCCCCCc1cc[nH]c1. The van der Waals surface area contributed by atoms with Gasteiger partial charge in [0.05, 0.1) is 0 Å². The zero-order valence-electron chi connectivity index (χ0n) is 10.1. The van der Waals surface area contributed by atoms with Crippen molar-refractivity contribution in [2.45, 2.75) is 57.8 Å². The average Bonchev–Trinajstić information content (AvgIpc) is 2.80. The van der Waals surface area contributed by atoms with Crippen LogP contribution >= 0.6 is 0 Å². The minimum Gasteiger partial charge on any atom is -0.367 e. The van der Waals surface area contributed by atoms with Gasteiger partial charge in [0.25, 0.3) is 0 Å². The molecule has 2 heteroatoms. The van der Waals surface area contributed by atoms with Gasteiger partial charge in [0.2, 0.25) is 0 Å². The maximum atomic E-state index is 10.1. The van der Waals surface area contributed by atoms with E-state index in [-0.39, 0.29) is 0 Å². The Kier molecular flexibility index (Phi) is 7.48. The molecule has 0 radical (unpaired) electrons. The molecule has 0 aromatic carbocycles. The fraction of sp³-hybridized carbons (Fsp3) is 0.643. The van der Waals surface area contributed by atoms with Crippen LogP contribution in [0.15, 0.2) is 18.5 Å². The van der Waals surface area contributed by atoms with E-state index >= 15 is 0 Å². The second-order valence-corrected chi connectivity index (χ2v) is 4.40. The summed E-state index contributed by atoms with van der Waals surface area (Å²) in [6.07, 6.45) is 15.9. The van der Waals surface area contributed by atoms with E-state index in [1.807, 2.05) is 6.20 Å². The van der Waals surface area contributed by atoms with Gasteiger partial charge < -0.3 is 9.78 Å². The molecule has 0 spiro atoms. The Hall–Kier alpha value is -1.05. The lowest BCUT2D eigenvalue weighted by Gasteiger charge is -2.00. The largest absolute Gasteiger partial charge is 0.367 e. The number of unbranched alkanes of at least 4 members (excludes halogenated alkanes) is 7. The van der Waals surface area contributed by atoms with Crippen molar-refractivity contribution in [2.75, 3.05) is 0 Å². The summed E-state index contributed by atoms with van der Waals surface area (Å²) in [4.78, 5) is 13.2. The van der Waals surface area contributed by atoms with Crippen molar-refractivity contribution in [3.05, 3.63) is 24.0 Å². The molecule has 0 aliphatic heterocycles. The summed E-state index contributed by atoms with van der Waals surface area (Å²) in [6, 6.07) is 2.15. The zero-order chi connectivity index (χ0) is 11.5. The van der Waals surface area contributed by atoms with E-state index in [2.05, 4.69) is 17.2 Å². The average molecular weight is 221 g/mol. The van der Waals surface area contributed by atoms with Crippen LogP contribution in [0.4, 0.5) is 0 Å². The van der Waals surface area contributed by atoms with Crippen molar-refractivity contribution in [1.82, 2.24) is 4.98 Å². The number of aromatic amines is 1. The minimum absolute atomic E-state index is 0.744. The second-order valence-electron chi connectivity index (χ2n) is 4.40. The van der Waals surface area contributed by atoms with Crippen molar-refractivity contribution >= 4 is 6.29 Å². The molecule has 0 atom stereocenters. The molecule has 0 amide bonds. The van der Waals surface area contributed by atoms with Gasteiger partial charge in [-0.25, -0.2) is 0 Å².